The fraction of sp³-hybridized carbons (Fsp3) is 0.464. The molecule has 3 aromatic rings. The molecular weight excluding hydrogens is 454 g/mol. The first-order chi connectivity index (χ1) is 17.4. The van der Waals surface area contributed by atoms with Crippen molar-refractivity contribution in [1.82, 2.24) is 25.0 Å². The number of rotatable bonds is 10. The van der Waals surface area contributed by atoms with Gasteiger partial charge in [0.25, 0.3) is 0 Å². The van der Waals surface area contributed by atoms with Gasteiger partial charge in [-0.15, -0.1) is 10.2 Å². The molecule has 0 bridgehead atoms. The number of nitrogens with one attached hydrogen (secondary N) is 1. The van der Waals surface area contributed by atoms with Gasteiger partial charge in [0.2, 0.25) is 5.91 Å². The molecule has 1 aliphatic heterocycles. The van der Waals surface area contributed by atoms with Crippen molar-refractivity contribution in [1.29, 1.82) is 0 Å². The Balaban J connectivity index is 1.41. The van der Waals surface area contributed by atoms with Gasteiger partial charge in [0, 0.05) is 39.5 Å². The molecule has 0 saturated heterocycles. The Morgan fingerprint density at radius 1 is 1.03 bits per heavy atom. The number of nitrogens with zero attached hydrogens (tertiary/aromatic N) is 4. The lowest BCUT2D eigenvalue weighted by Crippen LogP contribution is -2.31. The SMILES string of the molecule is COc1cc(CN2CCc3nnc([C@H](CC(C)C)NC(C)=O)n3CC2)ccc1OCc1ccccc1. The Labute approximate surface area is 213 Å². The fourth-order valence-corrected chi connectivity index (χ4v) is 4.67. The molecule has 192 valence electrons. The molecule has 2 aromatic carbocycles. The molecule has 0 fully saturated rings. The normalized spacial score (nSPS) is 14.7. The van der Waals surface area contributed by atoms with E-state index in [1.165, 1.54) is 5.56 Å². The van der Waals surface area contributed by atoms with Crippen molar-refractivity contribution in [2.45, 2.75) is 59.4 Å². The van der Waals surface area contributed by atoms with Gasteiger partial charge in [0.1, 0.15) is 12.4 Å². The number of aromatic nitrogens is 3. The zero-order valence-corrected chi connectivity index (χ0v) is 21.7. The average molecular weight is 492 g/mol. The molecule has 1 aromatic heterocycles. The highest BCUT2D eigenvalue weighted by Gasteiger charge is 2.25. The van der Waals surface area contributed by atoms with Crippen LogP contribution in [0, 0.1) is 5.92 Å². The molecule has 1 amide bonds. The molecule has 0 spiro atoms. The van der Waals surface area contributed by atoms with E-state index < -0.39 is 0 Å². The number of amides is 1. The summed E-state index contributed by atoms with van der Waals surface area (Å²) in [6.07, 6.45) is 1.65. The Hall–Kier alpha value is -3.39. The summed E-state index contributed by atoms with van der Waals surface area (Å²) >= 11 is 0. The highest BCUT2D eigenvalue weighted by Crippen LogP contribution is 2.30. The van der Waals surface area contributed by atoms with E-state index in [0.717, 1.165) is 67.7 Å². The molecule has 36 heavy (non-hydrogen) atoms. The van der Waals surface area contributed by atoms with E-state index >= 15 is 0 Å². The summed E-state index contributed by atoms with van der Waals surface area (Å²) in [6, 6.07) is 16.2. The minimum absolute atomic E-state index is 0.0432. The minimum atomic E-state index is -0.122. The largest absolute Gasteiger partial charge is 0.493 e. The fourth-order valence-electron chi connectivity index (χ4n) is 4.67. The minimum Gasteiger partial charge on any atom is -0.493 e. The number of methoxy groups -OCH3 is 1. The van der Waals surface area contributed by atoms with Crippen LogP contribution in [0.5, 0.6) is 11.5 Å². The van der Waals surface area contributed by atoms with Gasteiger partial charge in [0.05, 0.1) is 13.2 Å². The molecule has 1 N–H and O–H groups in total. The lowest BCUT2D eigenvalue weighted by molar-refractivity contribution is -0.119. The Morgan fingerprint density at radius 3 is 2.56 bits per heavy atom. The zero-order valence-electron chi connectivity index (χ0n) is 21.7. The molecule has 4 rings (SSSR count). The number of hydrogen-bond acceptors (Lipinski definition) is 6. The van der Waals surface area contributed by atoms with Crippen LogP contribution in [0.4, 0.5) is 0 Å². The highest BCUT2D eigenvalue weighted by molar-refractivity contribution is 5.73. The maximum Gasteiger partial charge on any atom is 0.217 e. The summed E-state index contributed by atoms with van der Waals surface area (Å²) in [4.78, 5) is 14.2. The second-order valence-corrected chi connectivity index (χ2v) is 9.79. The second-order valence-electron chi connectivity index (χ2n) is 9.79. The molecule has 8 nitrogen and oxygen atoms in total. The Kier molecular flexibility index (Phi) is 8.59. The van der Waals surface area contributed by atoms with Crippen molar-refractivity contribution in [3.05, 3.63) is 71.3 Å². The number of carbonyl (C=O) groups excluding carboxylic acids is 1. The first-order valence-electron chi connectivity index (χ1n) is 12.7. The number of benzene rings is 2. The Morgan fingerprint density at radius 2 is 1.83 bits per heavy atom. The maximum atomic E-state index is 11.8. The van der Waals surface area contributed by atoms with Crippen molar-refractivity contribution in [2.75, 3.05) is 20.2 Å². The van der Waals surface area contributed by atoms with E-state index in [0.29, 0.717) is 12.5 Å². The lowest BCUT2D eigenvalue weighted by atomic mass is 10.0. The van der Waals surface area contributed by atoms with Crippen LogP contribution >= 0.6 is 0 Å². The molecular formula is C28H37N5O3. The molecule has 0 unspecified atom stereocenters. The van der Waals surface area contributed by atoms with Crippen LogP contribution in [0.25, 0.3) is 0 Å². The van der Waals surface area contributed by atoms with Crippen LogP contribution in [0.2, 0.25) is 0 Å². The van der Waals surface area contributed by atoms with Crippen molar-refractivity contribution in [2.24, 2.45) is 5.92 Å². The van der Waals surface area contributed by atoms with Crippen LogP contribution in [-0.2, 0) is 30.9 Å². The maximum absolute atomic E-state index is 11.8. The summed E-state index contributed by atoms with van der Waals surface area (Å²) in [5.41, 5.74) is 2.29. The van der Waals surface area contributed by atoms with Gasteiger partial charge >= 0.3 is 0 Å². The van der Waals surface area contributed by atoms with Crippen molar-refractivity contribution >= 4 is 5.91 Å². The van der Waals surface area contributed by atoms with Gasteiger partial charge < -0.3 is 19.4 Å². The van der Waals surface area contributed by atoms with E-state index in [2.05, 4.69) is 51.0 Å². The summed E-state index contributed by atoms with van der Waals surface area (Å²) in [5.74, 6) is 3.71. The molecule has 0 saturated carbocycles. The number of carbonyl (C=O) groups is 1. The molecule has 8 heteroatoms. The van der Waals surface area contributed by atoms with Gasteiger partial charge in [0.15, 0.2) is 17.3 Å². The summed E-state index contributed by atoms with van der Waals surface area (Å²) < 4.78 is 13.8. The number of fused-ring (bicyclic) bond motifs is 1. The molecule has 2 heterocycles. The zero-order chi connectivity index (χ0) is 25.5. The monoisotopic (exact) mass is 491 g/mol. The summed E-state index contributed by atoms with van der Waals surface area (Å²) in [7, 11) is 1.68. The third-order valence-corrected chi connectivity index (χ3v) is 6.42. The van der Waals surface area contributed by atoms with Crippen LogP contribution in [0.1, 0.15) is 56.0 Å². The van der Waals surface area contributed by atoms with Crippen LogP contribution in [0.15, 0.2) is 48.5 Å². The third kappa shape index (κ3) is 6.63. The van der Waals surface area contributed by atoms with Crippen molar-refractivity contribution < 1.29 is 14.3 Å². The molecule has 1 aliphatic rings. The van der Waals surface area contributed by atoms with Crippen LogP contribution < -0.4 is 14.8 Å². The first-order valence-corrected chi connectivity index (χ1v) is 12.7. The number of hydrogen-bond donors (Lipinski definition) is 1. The van der Waals surface area contributed by atoms with Crippen LogP contribution in [0.3, 0.4) is 0 Å². The van der Waals surface area contributed by atoms with Gasteiger partial charge in [-0.25, -0.2) is 0 Å². The molecule has 1 atom stereocenters. The van der Waals surface area contributed by atoms with Gasteiger partial charge in [-0.3, -0.25) is 9.69 Å². The van der Waals surface area contributed by atoms with Gasteiger partial charge in [-0.2, -0.15) is 0 Å². The first kappa shape index (κ1) is 25.7. The summed E-state index contributed by atoms with van der Waals surface area (Å²) in [6.45, 7) is 9.74. The van der Waals surface area contributed by atoms with Crippen molar-refractivity contribution in [3.63, 3.8) is 0 Å². The van der Waals surface area contributed by atoms with Crippen LogP contribution in [-0.4, -0.2) is 45.8 Å². The number of ether oxygens (including phenoxy) is 2. The van der Waals surface area contributed by atoms with E-state index in [9.17, 15) is 4.79 Å². The van der Waals surface area contributed by atoms with Gasteiger partial charge in [-0.1, -0.05) is 50.2 Å². The second kappa shape index (κ2) is 12.0. The standard InChI is InChI=1S/C28H37N5O3/c1-20(2)16-24(29-21(3)34)28-31-30-27-12-13-32(14-15-33(27)28)18-23-10-11-25(26(17-23)35-4)36-19-22-8-6-5-7-9-22/h5-11,17,20,24H,12-16,18-19H2,1-4H3,(H,29,34)/t24-/m0/s1. The van der Waals surface area contributed by atoms with E-state index in [4.69, 9.17) is 9.47 Å². The Bertz CT molecular complexity index is 1150. The molecule has 0 radical (unpaired) electrons. The van der Waals surface area contributed by atoms with E-state index in [1.807, 2.05) is 36.4 Å². The smallest absolute Gasteiger partial charge is 0.217 e. The average Bonchev–Trinajstić information content (AvgIpc) is 3.16. The predicted molar refractivity (Wildman–Crippen MR) is 139 cm³/mol. The predicted octanol–water partition coefficient (Wildman–Crippen LogP) is 4.15. The molecule has 0 aliphatic carbocycles. The summed E-state index contributed by atoms with van der Waals surface area (Å²) in [5, 5.41) is 12.0. The van der Waals surface area contributed by atoms with E-state index in [-0.39, 0.29) is 11.9 Å². The van der Waals surface area contributed by atoms with E-state index in [1.54, 1.807) is 14.0 Å². The van der Waals surface area contributed by atoms with Gasteiger partial charge in [-0.05, 0) is 35.6 Å². The lowest BCUT2D eigenvalue weighted by Gasteiger charge is -2.22. The van der Waals surface area contributed by atoms with Crippen molar-refractivity contribution in [3.8, 4) is 11.5 Å². The highest BCUT2D eigenvalue weighted by atomic mass is 16.5. The quantitative estimate of drug-likeness (QED) is 0.459. The third-order valence-electron chi connectivity index (χ3n) is 6.42. The topological polar surface area (TPSA) is 81.5 Å².